The van der Waals surface area contributed by atoms with Gasteiger partial charge in [-0.2, -0.15) is 0 Å². The molecule has 1 saturated heterocycles. The van der Waals surface area contributed by atoms with E-state index < -0.39 is 5.54 Å². The number of likely N-dealkylation sites (tertiary alicyclic amines) is 1. The summed E-state index contributed by atoms with van der Waals surface area (Å²) in [6.45, 7) is 0.637. The highest BCUT2D eigenvalue weighted by Crippen LogP contribution is 2.32. The molecule has 1 heterocycles. The van der Waals surface area contributed by atoms with Gasteiger partial charge in [0, 0.05) is 19.0 Å². The molecule has 3 aliphatic rings. The summed E-state index contributed by atoms with van der Waals surface area (Å²) in [6, 6.07) is 8.34. The fraction of sp³-hybridized carbons (Fsp3) is 0.529. The highest BCUT2D eigenvalue weighted by molar-refractivity contribution is 5.89. The van der Waals surface area contributed by atoms with E-state index in [1.54, 1.807) is 0 Å². The number of hydrogen-bond donors (Lipinski definition) is 2. The van der Waals surface area contributed by atoms with Crippen molar-refractivity contribution >= 4 is 11.8 Å². The van der Waals surface area contributed by atoms with Crippen molar-refractivity contribution in [2.24, 2.45) is 5.73 Å². The van der Waals surface area contributed by atoms with Gasteiger partial charge in [-0.25, -0.2) is 0 Å². The Balaban J connectivity index is 1.42. The molecule has 1 saturated carbocycles. The molecule has 116 valence electrons. The van der Waals surface area contributed by atoms with Crippen LogP contribution in [0.4, 0.5) is 0 Å². The zero-order chi connectivity index (χ0) is 15.3. The highest BCUT2D eigenvalue weighted by Gasteiger charge is 2.44. The number of nitrogens with zero attached hydrogens (tertiary/aromatic N) is 1. The van der Waals surface area contributed by atoms with E-state index in [1.807, 2.05) is 29.2 Å². The zero-order valence-electron chi connectivity index (χ0n) is 12.5. The summed E-state index contributed by atoms with van der Waals surface area (Å²) < 4.78 is 0. The Morgan fingerprint density at radius 3 is 2.45 bits per heavy atom. The number of carbonyl (C=O) groups excluding carboxylic acids is 2. The molecule has 2 amide bonds. The largest absolute Gasteiger partial charge is 0.349 e. The number of nitrogens with one attached hydrogen (secondary N) is 1. The molecule has 1 aromatic rings. The van der Waals surface area contributed by atoms with E-state index in [0.717, 1.165) is 24.0 Å². The molecule has 1 unspecified atom stereocenters. The van der Waals surface area contributed by atoms with E-state index in [2.05, 4.69) is 5.32 Å². The molecule has 0 radical (unpaired) electrons. The average Bonchev–Trinajstić information content (AvgIpc) is 3.16. The van der Waals surface area contributed by atoms with Crippen LogP contribution in [0, 0.1) is 0 Å². The van der Waals surface area contributed by atoms with Crippen molar-refractivity contribution in [3.63, 3.8) is 0 Å². The highest BCUT2D eigenvalue weighted by atomic mass is 16.2. The molecule has 1 aromatic carbocycles. The van der Waals surface area contributed by atoms with Crippen molar-refractivity contribution < 1.29 is 9.59 Å². The standard InChI is InChI=1S/C17H21N3O2/c18-17(8-11-3-1-2-4-12(11)9-17)16(22)19-13-7-15(21)20(10-13)14-5-6-14/h1-4,13-14H,5-10,18H2,(H,19,22). The molecule has 5 heteroatoms. The van der Waals surface area contributed by atoms with E-state index in [0.29, 0.717) is 31.8 Å². The minimum absolute atomic E-state index is 0.0928. The van der Waals surface area contributed by atoms with Gasteiger partial charge < -0.3 is 16.0 Å². The second-order valence-electron chi connectivity index (χ2n) is 6.93. The molecule has 22 heavy (non-hydrogen) atoms. The monoisotopic (exact) mass is 299 g/mol. The molecule has 5 nitrogen and oxygen atoms in total. The molecule has 3 N–H and O–H groups in total. The molecule has 4 rings (SSSR count). The second-order valence-corrected chi connectivity index (χ2v) is 6.93. The van der Waals surface area contributed by atoms with Crippen molar-refractivity contribution in [1.29, 1.82) is 0 Å². The van der Waals surface area contributed by atoms with Crippen LogP contribution in [0.2, 0.25) is 0 Å². The maximum Gasteiger partial charge on any atom is 0.241 e. The summed E-state index contributed by atoms with van der Waals surface area (Å²) in [5, 5.41) is 3.01. The van der Waals surface area contributed by atoms with Gasteiger partial charge in [0.1, 0.15) is 5.54 Å². The number of nitrogens with two attached hydrogens (primary N) is 1. The van der Waals surface area contributed by atoms with Crippen LogP contribution in [-0.2, 0) is 22.4 Å². The van der Waals surface area contributed by atoms with Crippen molar-refractivity contribution in [2.75, 3.05) is 6.54 Å². The van der Waals surface area contributed by atoms with Crippen LogP contribution in [0.5, 0.6) is 0 Å². The fourth-order valence-corrected chi connectivity index (χ4v) is 3.70. The van der Waals surface area contributed by atoms with Crippen molar-refractivity contribution in [2.45, 2.75) is 49.7 Å². The number of carbonyl (C=O) groups is 2. The smallest absolute Gasteiger partial charge is 0.241 e. The number of rotatable bonds is 3. The summed E-state index contributed by atoms with van der Waals surface area (Å²) in [4.78, 5) is 26.5. The van der Waals surface area contributed by atoms with Crippen LogP contribution in [0.15, 0.2) is 24.3 Å². The van der Waals surface area contributed by atoms with Gasteiger partial charge in [-0.3, -0.25) is 9.59 Å². The van der Waals surface area contributed by atoms with Gasteiger partial charge in [0.05, 0.1) is 6.04 Å². The predicted octanol–water partition coefficient (Wildman–Crippen LogP) is 0.362. The molecule has 0 bridgehead atoms. The first kappa shape index (κ1) is 13.8. The Labute approximate surface area is 129 Å². The maximum atomic E-state index is 12.6. The van der Waals surface area contributed by atoms with Gasteiger partial charge in [-0.05, 0) is 36.8 Å². The van der Waals surface area contributed by atoms with Crippen LogP contribution in [0.1, 0.15) is 30.4 Å². The van der Waals surface area contributed by atoms with Crippen LogP contribution in [0.25, 0.3) is 0 Å². The van der Waals surface area contributed by atoms with Crippen LogP contribution in [-0.4, -0.2) is 40.9 Å². The van der Waals surface area contributed by atoms with Gasteiger partial charge >= 0.3 is 0 Å². The zero-order valence-corrected chi connectivity index (χ0v) is 12.5. The van der Waals surface area contributed by atoms with E-state index in [1.165, 1.54) is 0 Å². The van der Waals surface area contributed by atoms with Crippen molar-refractivity contribution in [3.8, 4) is 0 Å². The van der Waals surface area contributed by atoms with Crippen LogP contribution >= 0.6 is 0 Å². The van der Waals surface area contributed by atoms with Crippen LogP contribution in [0.3, 0.4) is 0 Å². The summed E-state index contributed by atoms with van der Waals surface area (Å²) in [5.41, 5.74) is 7.80. The fourth-order valence-electron chi connectivity index (χ4n) is 3.70. The molecular formula is C17H21N3O2. The third-order valence-corrected chi connectivity index (χ3v) is 5.06. The topological polar surface area (TPSA) is 75.4 Å². The average molecular weight is 299 g/mol. The Morgan fingerprint density at radius 1 is 1.23 bits per heavy atom. The van der Waals surface area contributed by atoms with E-state index in [4.69, 9.17) is 5.73 Å². The maximum absolute atomic E-state index is 12.6. The third-order valence-electron chi connectivity index (χ3n) is 5.06. The summed E-state index contributed by atoms with van der Waals surface area (Å²) >= 11 is 0. The lowest BCUT2D eigenvalue weighted by Crippen LogP contribution is -2.57. The molecule has 2 aliphatic carbocycles. The van der Waals surface area contributed by atoms with E-state index in [-0.39, 0.29) is 17.9 Å². The summed E-state index contributed by atoms with van der Waals surface area (Å²) in [7, 11) is 0. The quantitative estimate of drug-likeness (QED) is 0.846. The Kier molecular flexibility index (Phi) is 3.01. The molecule has 0 spiro atoms. The number of amides is 2. The molecule has 1 atom stereocenters. The number of benzene rings is 1. The first-order valence-corrected chi connectivity index (χ1v) is 8.01. The normalized spacial score (nSPS) is 26.1. The van der Waals surface area contributed by atoms with Crippen LogP contribution < -0.4 is 11.1 Å². The minimum Gasteiger partial charge on any atom is -0.349 e. The van der Waals surface area contributed by atoms with Gasteiger partial charge in [0.25, 0.3) is 0 Å². The molecule has 2 fully saturated rings. The first-order chi connectivity index (χ1) is 10.5. The lowest BCUT2D eigenvalue weighted by atomic mass is 9.95. The number of hydrogen-bond acceptors (Lipinski definition) is 3. The van der Waals surface area contributed by atoms with E-state index >= 15 is 0 Å². The first-order valence-electron chi connectivity index (χ1n) is 8.01. The van der Waals surface area contributed by atoms with Crippen molar-refractivity contribution in [1.82, 2.24) is 10.2 Å². The SMILES string of the molecule is NC1(C(=O)NC2CC(=O)N(C3CC3)C2)Cc2ccccc2C1. The van der Waals surface area contributed by atoms with E-state index in [9.17, 15) is 9.59 Å². The van der Waals surface area contributed by atoms with Gasteiger partial charge in [0.15, 0.2) is 0 Å². The predicted molar refractivity (Wildman–Crippen MR) is 82.1 cm³/mol. The van der Waals surface area contributed by atoms with Crippen molar-refractivity contribution in [3.05, 3.63) is 35.4 Å². The lowest BCUT2D eigenvalue weighted by molar-refractivity contribution is -0.128. The Hall–Kier alpha value is -1.88. The Morgan fingerprint density at radius 2 is 1.86 bits per heavy atom. The molecule has 1 aliphatic heterocycles. The molecule has 0 aromatic heterocycles. The van der Waals surface area contributed by atoms with Gasteiger partial charge in [0.2, 0.25) is 11.8 Å². The Bertz CT molecular complexity index is 614. The minimum atomic E-state index is -0.875. The lowest BCUT2D eigenvalue weighted by Gasteiger charge is -2.25. The van der Waals surface area contributed by atoms with Gasteiger partial charge in [-0.15, -0.1) is 0 Å². The summed E-state index contributed by atoms with van der Waals surface area (Å²) in [6.07, 6.45) is 3.75. The summed E-state index contributed by atoms with van der Waals surface area (Å²) in [5.74, 6) is 0.0349. The van der Waals surface area contributed by atoms with Gasteiger partial charge in [-0.1, -0.05) is 24.3 Å². The molecular weight excluding hydrogens is 278 g/mol. The number of fused-ring (bicyclic) bond motifs is 1. The second kappa shape index (κ2) is 4.81. The third kappa shape index (κ3) is 2.29.